The van der Waals surface area contributed by atoms with Crippen LogP contribution in [0, 0.1) is 41.0 Å². The Balaban J connectivity index is 1.49. The lowest BCUT2D eigenvalue weighted by Crippen LogP contribution is -2.46. The van der Waals surface area contributed by atoms with Crippen molar-refractivity contribution in [3.05, 3.63) is 54.4 Å². The Morgan fingerprint density at radius 2 is 1.52 bits per heavy atom. The number of hydrogen-bond donors (Lipinski definition) is 1. The zero-order valence-electron chi connectivity index (χ0n) is 18.9. The number of esters is 2. The molecule has 2 aromatic carbocycles. The lowest BCUT2D eigenvalue weighted by Gasteiger charge is -2.30. The Kier molecular flexibility index (Phi) is 7.44. The van der Waals surface area contributed by atoms with Crippen LogP contribution in [0.4, 0.5) is 17.6 Å². The number of ether oxygens (including phenoxy) is 2. The van der Waals surface area contributed by atoms with Gasteiger partial charge in [0, 0.05) is 25.3 Å². The third-order valence-corrected chi connectivity index (χ3v) is 11.3. The van der Waals surface area contributed by atoms with Crippen molar-refractivity contribution in [3.8, 4) is 5.75 Å². The molecule has 0 radical (unpaired) electrons. The van der Waals surface area contributed by atoms with E-state index in [9.17, 15) is 44.0 Å². The van der Waals surface area contributed by atoms with Crippen molar-refractivity contribution < 1.29 is 62.2 Å². The molecule has 3 aliphatic rings. The average Bonchev–Trinajstić information content (AvgIpc) is 3.42. The molecule has 2 aliphatic carbocycles. The molecule has 10 nitrogen and oxygen atoms in total. The normalized spacial score (nSPS) is 28.1. The summed E-state index contributed by atoms with van der Waals surface area (Å²) in [5.74, 6) is -18.5. The minimum Gasteiger partial charge on any atom is -0.456 e. The highest BCUT2D eigenvalue weighted by molar-refractivity contribution is 9.11. The first-order chi connectivity index (χ1) is 18.5. The smallest absolute Gasteiger partial charge is 0.340 e. The summed E-state index contributed by atoms with van der Waals surface area (Å²) in [5, 5.41) is -1.59. The maximum atomic E-state index is 14.5. The predicted molar refractivity (Wildman–Crippen MR) is 133 cm³/mol. The summed E-state index contributed by atoms with van der Waals surface area (Å²) in [7, 11) is -10.3. The lowest BCUT2D eigenvalue weighted by molar-refractivity contribution is -0.143. The Bertz CT molecular complexity index is 1670. The van der Waals surface area contributed by atoms with Gasteiger partial charge in [-0.25, -0.2) is 13.6 Å². The van der Waals surface area contributed by atoms with Crippen molar-refractivity contribution in [1.29, 1.82) is 0 Å². The van der Waals surface area contributed by atoms with E-state index in [2.05, 4.69) is 52.5 Å². The van der Waals surface area contributed by atoms with Crippen molar-refractivity contribution in [2.75, 3.05) is 0 Å². The molecular formula is C21H11Br3F4O10S2. The van der Waals surface area contributed by atoms with Crippen molar-refractivity contribution in [1.82, 2.24) is 0 Å². The zero-order valence-corrected chi connectivity index (χ0v) is 25.3. The number of benzene rings is 2. The van der Waals surface area contributed by atoms with Gasteiger partial charge in [-0.3, -0.25) is 13.5 Å². The van der Waals surface area contributed by atoms with Crippen LogP contribution < -0.4 is 4.74 Å². The van der Waals surface area contributed by atoms with Crippen molar-refractivity contribution in [2.24, 2.45) is 17.8 Å². The zero-order chi connectivity index (χ0) is 29.6. The molecule has 40 heavy (non-hydrogen) atoms. The topological polar surface area (TPSA) is 150 Å². The van der Waals surface area contributed by atoms with E-state index in [1.165, 1.54) is 12.1 Å². The number of fused-ring (bicyclic) bond motifs is 1. The number of halogens is 7. The third-order valence-electron chi connectivity index (χ3n) is 6.90. The first-order valence-electron chi connectivity index (χ1n) is 10.8. The van der Waals surface area contributed by atoms with E-state index in [0.29, 0.717) is 13.4 Å². The van der Waals surface area contributed by atoms with Gasteiger partial charge >= 0.3 is 22.1 Å². The lowest BCUT2D eigenvalue weighted by atomic mass is 9.84. The molecule has 2 aromatic rings. The van der Waals surface area contributed by atoms with Crippen LogP contribution in [0.3, 0.4) is 0 Å². The summed E-state index contributed by atoms with van der Waals surface area (Å²) in [5.41, 5.74) is 0.0107. The molecule has 19 heteroatoms. The van der Waals surface area contributed by atoms with E-state index in [0.717, 1.165) is 0 Å². The van der Waals surface area contributed by atoms with Gasteiger partial charge in [-0.2, -0.15) is 25.6 Å². The molecule has 6 unspecified atom stereocenters. The highest BCUT2D eigenvalue weighted by Crippen LogP contribution is 2.59. The molecule has 3 fully saturated rings. The Morgan fingerprint density at radius 3 is 2.05 bits per heavy atom. The maximum Gasteiger partial charge on any atom is 0.340 e. The molecule has 0 spiro atoms. The monoisotopic (exact) mass is 800 g/mol. The van der Waals surface area contributed by atoms with Gasteiger partial charge in [0.1, 0.15) is 17.5 Å². The van der Waals surface area contributed by atoms with E-state index < -0.39 is 101 Å². The first kappa shape index (κ1) is 29.8. The fourth-order valence-corrected chi connectivity index (χ4v) is 10.7. The molecule has 216 valence electrons. The summed E-state index contributed by atoms with van der Waals surface area (Å²) >= 11 is 9.67. The summed E-state index contributed by atoms with van der Waals surface area (Å²) in [6, 6.07) is 3.06. The number of carbonyl (C=O) groups is 2. The maximum absolute atomic E-state index is 14.5. The second-order valence-corrected chi connectivity index (χ2v) is 14.7. The number of hydrogen-bond acceptors (Lipinski definition) is 9. The van der Waals surface area contributed by atoms with Gasteiger partial charge in [0.2, 0.25) is 17.4 Å². The molecule has 6 atom stereocenters. The standard InChI is InChI=1S/C21H11Br3F4O10S2/c22-4-1-7(23)10(8(24)2-4)21(30)36-15-5-3-6-16(15)38-40(34,35)18(6)9(5)20(29)37-17-11(25)13(27)19(39(31,32)33)14(28)12(17)26/h1-2,5-6,9,15-16,18H,3H2,(H,31,32,33). The van der Waals surface area contributed by atoms with Gasteiger partial charge in [-0.15, -0.1) is 0 Å². The van der Waals surface area contributed by atoms with Gasteiger partial charge in [0.25, 0.3) is 10.1 Å². The van der Waals surface area contributed by atoms with E-state index in [1.807, 2.05) is 0 Å². The fourth-order valence-electron chi connectivity index (χ4n) is 5.45. The van der Waals surface area contributed by atoms with Gasteiger partial charge in [-0.05, 0) is 50.4 Å². The minimum atomic E-state index is -5.77. The van der Waals surface area contributed by atoms with Crippen LogP contribution in [0.25, 0.3) is 0 Å². The van der Waals surface area contributed by atoms with Crippen LogP contribution in [0.15, 0.2) is 30.4 Å². The van der Waals surface area contributed by atoms with Gasteiger partial charge in [0.15, 0.2) is 16.5 Å². The summed E-state index contributed by atoms with van der Waals surface area (Å²) < 4.78 is 130. The van der Waals surface area contributed by atoms with Crippen molar-refractivity contribution in [2.45, 2.75) is 28.8 Å². The first-order valence-corrected chi connectivity index (χ1v) is 16.1. The Hall–Kier alpha value is -1.64. The summed E-state index contributed by atoms with van der Waals surface area (Å²) in [6.45, 7) is 0. The van der Waals surface area contributed by atoms with Crippen LogP contribution in [0.1, 0.15) is 16.8 Å². The molecule has 1 aliphatic heterocycles. The molecule has 2 bridgehead atoms. The molecule has 0 aromatic heterocycles. The van der Waals surface area contributed by atoms with E-state index >= 15 is 0 Å². The van der Waals surface area contributed by atoms with Crippen LogP contribution in [-0.4, -0.2) is 50.8 Å². The molecule has 5 rings (SSSR count). The number of carbonyl (C=O) groups excluding carboxylic acids is 2. The van der Waals surface area contributed by atoms with Gasteiger partial charge < -0.3 is 9.47 Å². The average molecular weight is 803 g/mol. The SMILES string of the molecule is O=C(OC1C2CC3C1OS(=O)(=O)C3C2C(=O)Oc1c(F)c(F)c(S(=O)(=O)O)c(F)c1F)c1c(Br)cc(Br)cc1Br. The largest absolute Gasteiger partial charge is 0.456 e. The Morgan fingerprint density at radius 1 is 0.975 bits per heavy atom. The van der Waals surface area contributed by atoms with Crippen LogP contribution >= 0.6 is 47.8 Å². The molecule has 1 heterocycles. The van der Waals surface area contributed by atoms with Gasteiger partial charge in [0.05, 0.1) is 11.5 Å². The molecule has 0 amide bonds. The summed E-state index contributed by atoms with van der Waals surface area (Å²) in [4.78, 5) is 23.8. The van der Waals surface area contributed by atoms with Crippen molar-refractivity contribution in [3.63, 3.8) is 0 Å². The molecular weight excluding hydrogens is 792 g/mol. The fraction of sp³-hybridized carbons (Fsp3) is 0.333. The molecule has 1 saturated heterocycles. The molecule has 1 N–H and O–H groups in total. The Labute approximate surface area is 247 Å². The quantitative estimate of drug-likeness (QED) is 0.116. The highest BCUT2D eigenvalue weighted by atomic mass is 79.9. The van der Waals surface area contributed by atoms with E-state index in [4.69, 9.17) is 13.5 Å². The van der Waals surface area contributed by atoms with Crippen LogP contribution in [0.2, 0.25) is 0 Å². The van der Waals surface area contributed by atoms with E-state index in [1.54, 1.807) is 0 Å². The molecule has 2 saturated carbocycles. The minimum absolute atomic E-state index is 0.0107. The number of rotatable bonds is 5. The second kappa shape index (κ2) is 9.98. The summed E-state index contributed by atoms with van der Waals surface area (Å²) in [6.07, 6.45) is -2.58. The van der Waals surface area contributed by atoms with Crippen molar-refractivity contribution >= 4 is 80.0 Å². The second-order valence-electron chi connectivity index (χ2n) is 9.03. The van der Waals surface area contributed by atoms with Crippen LogP contribution in [-0.2, 0) is 34.0 Å². The highest BCUT2D eigenvalue weighted by Gasteiger charge is 2.72. The van der Waals surface area contributed by atoms with Gasteiger partial charge in [-0.1, -0.05) is 15.9 Å². The predicted octanol–water partition coefficient (Wildman–Crippen LogP) is 4.27. The van der Waals surface area contributed by atoms with Crippen LogP contribution in [0.5, 0.6) is 5.75 Å². The van der Waals surface area contributed by atoms with E-state index in [-0.39, 0.29) is 12.0 Å². The third kappa shape index (κ3) is 4.60.